The highest BCUT2D eigenvalue weighted by Crippen LogP contribution is 2.21. The summed E-state index contributed by atoms with van der Waals surface area (Å²) >= 11 is 1.63. The Kier molecular flexibility index (Phi) is 3.02. The summed E-state index contributed by atoms with van der Waals surface area (Å²) in [4.78, 5) is 4.30. The Morgan fingerprint density at radius 1 is 1.33 bits per heavy atom. The number of phenolic OH excluding ortho intramolecular Hbond substituents is 1. The summed E-state index contributed by atoms with van der Waals surface area (Å²) in [6.07, 6.45) is 0.962. The SMILES string of the molecule is CC(Cc1ccc(O)cc1)c1cscn1. The van der Waals surface area contributed by atoms with Gasteiger partial charge in [-0.25, -0.2) is 4.98 Å². The molecule has 1 aromatic carbocycles. The van der Waals surface area contributed by atoms with E-state index in [1.165, 1.54) is 5.56 Å². The lowest BCUT2D eigenvalue weighted by atomic mass is 9.99. The average molecular weight is 219 g/mol. The van der Waals surface area contributed by atoms with Crippen LogP contribution in [0.4, 0.5) is 0 Å². The van der Waals surface area contributed by atoms with Crippen molar-refractivity contribution in [3.63, 3.8) is 0 Å². The van der Waals surface area contributed by atoms with E-state index in [-0.39, 0.29) is 0 Å². The van der Waals surface area contributed by atoms with Crippen LogP contribution in [-0.4, -0.2) is 10.1 Å². The molecule has 0 radical (unpaired) electrons. The summed E-state index contributed by atoms with van der Waals surface area (Å²) in [6, 6.07) is 7.36. The predicted molar refractivity (Wildman–Crippen MR) is 62.3 cm³/mol. The van der Waals surface area contributed by atoms with E-state index in [9.17, 15) is 0 Å². The fourth-order valence-corrected chi connectivity index (χ4v) is 2.23. The van der Waals surface area contributed by atoms with Gasteiger partial charge in [0.05, 0.1) is 11.2 Å². The van der Waals surface area contributed by atoms with Crippen LogP contribution in [0.1, 0.15) is 24.1 Å². The van der Waals surface area contributed by atoms with Gasteiger partial charge in [-0.05, 0) is 24.1 Å². The maximum absolute atomic E-state index is 9.16. The number of phenols is 1. The van der Waals surface area contributed by atoms with Crippen molar-refractivity contribution in [3.05, 3.63) is 46.4 Å². The van der Waals surface area contributed by atoms with E-state index in [0.717, 1.165) is 12.1 Å². The van der Waals surface area contributed by atoms with E-state index in [4.69, 9.17) is 5.11 Å². The third-order valence-corrected chi connectivity index (χ3v) is 3.04. The minimum absolute atomic E-state index is 0.320. The topological polar surface area (TPSA) is 33.1 Å². The third kappa shape index (κ3) is 2.57. The molecule has 2 aromatic rings. The Labute approximate surface area is 93.2 Å². The average Bonchev–Trinajstić information content (AvgIpc) is 2.74. The minimum Gasteiger partial charge on any atom is -0.508 e. The standard InChI is InChI=1S/C12H13NOS/c1-9(12-7-15-8-13-12)6-10-2-4-11(14)5-3-10/h2-5,7-9,14H,6H2,1H3. The molecule has 0 aliphatic heterocycles. The number of nitrogens with zero attached hydrogens (tertiary/aromatic N) is 1. The zero-order chi connectivity index (χ0) is 10.7. The van der Waals surface area contributed by atoms with Crippen LogP contribution in [0, 0.1) is 0 Å². The molecule has 78 valence electrons. The first-order valence-corrected chi connectivity index (χ1v) is 5.86. The lowest BCUT2D eigenvalue weighted by Gasteiger charge is -2.08. The highest BCUT2D eigenvalue weighted by atomic mass is 32.1. The molecule has 1 heterocycles. The number of aromatic nitrogens is 1. The maximum Gasteiger partial charge on any atom is 0.115 e. The Morgan fingerprint density at radius 2 is 2.07 bits per heavy atom. The van der Waals surface area contributed by atoms with Crippen molar-refractivity contribution in [1.82, 2.24) is 4.98 Å². The second kappa shape index (κ2) is 4.45. The molecule has 2 rings (SSSR count). The van der Waals surface area contributed by atoms with Gasteiger partial charge in [-0.2, -0.15) is 0 Å². The summed E-state index contributed by atoms with van der Waals surface area (Å²) in [6.45, 7) is 2.17. The smallest absolute Gasteiger partial charge is 0.115 e. The Hall–Kier alpha value is -1.35. The molecule has 15 heavy (non-hydrogen) atoms. The molecule has 0 aliphatic rings. The summed E-state index contributed by atoms with van der Waals surface area (Å²) in [5.74, 6) is 0.751. The molecule has 1 aromatic heterocycles. The lowest BCUT2D eigenvalue weighted by Crippen LogP contribution is -1.98. The lowest BCUT2D eigenvalue weighted by molar-refractivity contribution is 0.475. The normalized spacial score (nSPS) is 12.6. The van der Waals surface area contributed by atoms with Gasteiger partial charge in [-0.15, -0.1) is 11.3 Å². The van der Waals surface area contributed by atoms with Gasteiger partial charge in [0.1, 0.15) is 5.75 Å². The van der Waals surface area contributed by atoms with E-state index in [1.807, 2.05) is 17.6 Å². The van der Waals surface area contributed by atoms with Gasteiger partial charge in [0.15, 0.2) is 0 Å². The molecule has 1 N–H and O–H groups in total. The molecular formula is C12H13NOS. The fourth-order valence-electron chi connectivity index (χ4n) is 1.56. The Morgan fingerprint density at radius 3 is 2.67 bits per heavy atom. The van der Waals surface area contributed by atoms with Crippen LogP contribution in [0.2, 0.25) is 0 Å². The van der Waals surface area contributed by atoms with Crippen molar-refractivity contribution in [3.8, 4) is 5.75 Å². The van der Waals surface area contributed by atoms with Crippen molar-refractivity contribution >= 4 is 11.3 Å². The van der Waals surface area contributed by atoms with Gasteiger partial charge in [-0.1, -0.05) is 19.1 Å². The molecule has 0 aliphatic carbocycles. The van der Waals surface area contributed by atoms with E-state index >= 15 is 0 Å². The molecule has 0 fully saturated rings. The van der Waals surface area contributed by atoms with Crippen LogP contribution in [0.15, 0.2) is 35.2 Å². The van der Waals surface area contributed by atoms with Crippen molar-refractivity contribution in [1.29, 1.82) is 0 Å². The zero-order valence-corrected chi connectivity index (χ0v) is 9.37. The number of thiazole rings is 1. The predicted octanol–water partition coefficient (Wildman–Crippen LogP) is 3.19. The van der Waals surface area contributed by atoms with E-state index in [2.05, 4.69) is 17.3 Å². The van der Waals surface area contributed by atoms with E-state index in [1.54, 1.807) is 23.5 Å². The van der Waals surface area contributed by atoms with E-state index in [0.29, 0.717) is 11.7 Å². The number of benzene rings is 1. The number of aromatic hydroxyl groups is 1. The van der Waals surface area contributed by atoms with Gasteiger partial charge >= 0.3 is 0 Å². The van der Waals surface area contributed by atoms with Crippen LogP contribution in [0.25, 0.3) is 0 Å². The second-order valence-electron chi connectivity index (χ2n) is 3.68. The first-order valence-electron chi connectivity index (χ1n) is 4.91. The van der Waals surface area contributed by atoms with E-state index < -0.39 is 0 Å². The summed E-state index contributed by atoms with van der Waals surface area (Å²) in [7, 11) is 0. The number of rotatable bonds is 3. The van der Waals surface area contributed by atoms with Crippen molar-refractivity contribution in [2.45, 2.75) is 19.3 Å². The van der Waals surface area contributed by atoms with Crippen molar-refractivity contribution < 1.29 is 5.11 Å². The molecule has 0 saturated carbocycles. The molecule has 2 nitrogen and oxygen atoms in total. The third-order valence-electron chi connectivity index (χ3n) is 2.43. The number of hydrogen-bond donors (Lipinski definition) is 1. The summed E-state index contributed by atoms with van der Waals surface area (Å²) < 4.78 is 0. The zero-order valence-electron chi connectivity index (χ0n) is 8.55. The van der Waals surface area contributed by atoms with Crippen molar-refractivity contribution in [2.75, 3.05) is 0 Å². The molecule has 0 amide bonds. The van der Waals surface area contributed by atoms with Crippen LogP contribution >= 0.6 is 11.3 Å². The highest BCUT2D eigenvalue weighted by Gasteiger charge is 2.08. The van der Waals surface area contributed by atoms with Crippen LogP contribution in [-0.2, 0) is 6.42 Å². The highest BCUT2D eigenvalue weighted by molar-refractivity contribution is 7.07. The second-order valence-corrected chi connectivity index (χ2v) is 4.40. The van der Waals surface area contributed by atoms with Crippen LogP contribution in [0.3, 0.4) is 0 Å². The van der Waals surface area contributed by atoms with Crippen LogP contribution < -0.4 is 0 Å². The number of hydrogen-bond acceptors (Lipinski definition) is 3. The first-order chi connectivity index (χ1) is 7.25. The molecular weight excluding hydrogens is 206 g/mol. The fraction of sp³-hybridized carbons (Fsp3) is 0.250. The minimum atomic E-state index is 0.320. The quantitative estimate of drug-likeness (QED) is 0.860. The molecule has 1 unspecified atom stereocenters. The van der Waals surface area contributed by atoms with Gasteiger partial charge in [0, 0.05) is 11.3 Å². The van der Waals surface area contributed by atoms with Crippen molar-refractivity contribution in [2.24, 2.45) is 0 Å². The molecule has 3 heteroatoms. The molecule has 0 saturated heterocycles. The summed E-state index contributed by atoms with van der Waals surface area (Å²) in [5.41, 5.74) is 4.24. The van der Waals surface area contributed by atoms with Gasteiger partial charge in [-0.3, -0.25) is 0 Å². The Bertz CT molecular complexity index is 408. The molecule has 0 bridgehead atoms. The first kappa shape index (κ1) is 10.2. The van der Waals surface area contributed by atoms with Gasteiger partial charge in [0.2, 0.25) is 0 Å². The maximum atomic E-state index is 9.16. The summed E-state index contributed by atoms with van der Waals surface area (Å²) in [5, 5.41) is 11.3. The largest absolute Gasteiger partial charge is 0.508 e. The van der Waals surface area contributed by atoms with Crippen LogP contribution in [0.5, 0.6) is 5.75 Å². The van der Waals surface area contributed by atoms with Gasteiger partial charge < -0.3 is 5.11 Å². The monoisotopic (exact) mass is 219 g/mol. The van der Waals surface area contributed by atoms with Gasteiger partial charge in [0.25, 0.3) is 0 Å². The molecule has 1 atom stereocenters. The molecule has 0 spiro atoms. The Balaban J connectivity index is 2.06.